The van der Waals surface area contributed by atoms with Gasteiger partial charge < -0.3 is 10.6 Å². The Balaban J connectivity index is 2.02. The van der Waals surface area contributed by atoms with Gasteiger partial charge >= 0.3 is 0 Å². The molecule has 27 heavy (non-hydrogen) atoms. The van der Waals surface area contributed by atoms with E-state index in [4.69, 9.17) is 5.73 Å². The lowest BCUT2D eigenvalue weighted by Gasteiger charge is -2.20. The summed E-state index contributed by atoms with van der Waals surface area (Å²) in [7, 11) is 0. The fraction of sp³-hybridized carbons (Fsp3) is 0.190. The van der Waals surface area contributed by atoms with Crippen molar-refractivity contribution in [3.05, 3.63) is 66.2 Å². The molecule has 0 unspecified atom stereocenters. The number of benzene rings is 2. The highest BCUT2D eigenvalue weighted by molar-refractivity contribution is 6.01. The third kappa shape index (κ3) is 3.79. The maximum Gasteiger partial charge on any atom is 0.254 e. The second-order valence-electron chi connectivity index (χ2n) is 6.04. The minimum Gasteiger partial charge on any atom is -0.382 e. The molecule has 0 saturated heterocycles. The average Bonchev–Trinajstić information content (AvgIpc) is 2.69. The van der Waals surface area contributed by atoms with Gasteiger partial charge in [-0.1, -0.05) is 24.3 Å². The van der Waals surface area contributed by atoms with Gasteiger partial charge in [0.1, 0.15) is 11.6 Å². The molecule has 0 radical (unpaired) electrons. The van der Waals surface area contributed by atoms with Crippen molar-refractivity contribution in [1.82, 2.24) is 14.9 Å². The van der Waals surface area contributed by atoms with E-state index >= 15 is 0 Å². The Bertz CT molecular complexity index is 953. The predicted octanol–water partition coefficient (Wildman–Crippen LogP) is 4.01. The molecule has 1 aromatic heterocycles. The molecule has 1 heterocycles. The zero-order valence-electron chi connectivity index (χ0n) is 15.3. The standard InChI is InChI=1S/C21H21FN4O/c1-3-26(4-2)21(27)16-8-6-5-7-15(16)14-9-10-17(18(22)11-14)19-12-25-20(23)13-24-19/h5-13H,3-4H2,1-2H3,(H2,23,25). The number of carbonyl (C=O) groups excluding carboxylic acids is 1. The number of aromatic nitrogens is 2. The molecule has 0 fully saturated rings. The Kier molecular flexibility index (Phi) is 5.45. The monoisotopic (exact) mass is 364 g/mol. The number of amides is 1. The first kappa shape index (κ1) is 18.5. The summed E-state index contributed by atoms with van der Waals surface area (Å²) < 4.78 is 14.8. The van der Waals surface area contributed by atoms with Gasteiger partial charge in [-0.25, -0.2) is 9.37 Å². The van der Waals surface area contributed by atoms with Gasteiger partial charge in [0.25, 0.3) is 5.91 Å². The van der Waals surface area contributed by atoms with Crippen LogP contribution in [0.3, 0.4) is 0 Å². The third-order valence-electron chi connectivity index (χ3n) is 4.44. The highest BCUT2D eigenvalue weighted by Gasteiger charge is 2.18. The molecule has 2 N–H and O–H groups in total. The molecule has 0 aliphatic heterocycles. The molecule has 0 bridgehead atoms. The highest BCUT2D eigenvalue weighted by atomic mass is 19.1. The third-order valence-corrected chi connectivity index (χ3v) is 4.44. The first-order valence-electron chi connectivity index (χ1n) is 8.81. The molecule has 0 aliphatic carbocycles. The predicted molar refractivity (Wildman–Crippen MR) is 105 cm³/mol. The van der Waals surface area contributed by atoms with Crippen LogP contribution in [0.5, 0.6) is 0 Å². The van der Waals surface area contributed by atoms with E-state index in [1.165, 1.54) is 18.5 Å². The van der Waals surface area contributed by atoms with Crippen molar-refractivity contribution >= 4 is 11.7 Å². The van der Waals surface area contributed by atoms with Gasteiger partial charge in [-0.15, -0.1) is 0 Å². The quantitative estimate of drug-likeness (QED) is 0.742. The topological polar surface area (TPSA) is 72.1 Å². The summed E-state index contributed by atoms with van der Waals surface area (Å²) >= 11 is 0. The van der Waals surface area contributed by atoms with Crippen LogP contribution in [-0.4, -0.2) is 33.9 Å². The van der Waals surface area contributed by atoms with E-state index < -0.39 is 5.82 Å². The van der Waals surface area contributed by atoms with Gasteiger partial charge in [-0.2, -0.15) is 0 Å². The number of rotatable bonds is 5. The van der Waals surface area contributed by atoms with Crippen LogP contribution in [0.25, 0.3) is 22.4 Å². The fourth-order valence-corrected chi connectivity index (χ4v) is 2.97. The first-order valence-corrected chi connectivity index (χ1v) is 8.81. The number of carbonyl (C=O) groups is 1. The smallest absolute Gasteiger partial charge is 0.254 e. The molecule has 6 heteroatoms. The number of hydrogen-bond donors (Lipinski definition) is 1. The van der Waals surface area contributed by atoms with Crippen molar-refractivity contribution in [3.8, 4) is 22.4 Å². The van der Waals surface area contributed by atoms with E-state index in [9.17, 15) is 9.18 Å². The van der Waals surface area contributed by atoms with Gasteiger partial charge in [-0.05, 0) is 43.2 Å². The Morgan fingerprint density at radius 3 is 2.41 bits per heavy atom. The molecule has 1 amide bonds. The summed E-state index contributed by atoms with van der Waals surface area (Å²) in [5, 5.41) is 0. The van der Waals surface area contributed by atoms with Crippen molar-refractivity contribution < 1.29 is 9.18 Å². The molecule has 3 rings (SSSR count). The number of nitrogen functional groups attached to an aromatic ring is 1. The van der Waals surface area contributed by atoms with E-state index in [0.717, 1.165) is 0 Å². The van der Waals surface area contributed by atoms with Crippen molar-refractivity contribution in [2.75, 3.05) is 18.8 Å². The van der Waals surface area contributed by atoms with Crippen molar-refractivity contribution in [3.63, 3.8) is 0 Å². The summed E-state index contributed by atoms with van der Waals surface area (Å²) in [6.45, 7) is 5.11. The molecule has 0 spiro atoms. The maximum atomic E-state index is 14.8. The minimum atomic E-state index is -0.434. The molecule has 0 saturated carbocycles. The lowest BCUT2D eigenvalue weighted by molar-refractivity contribution is 0.0774. The van der Waals surface area contributed by atoms with Crippen LogP contribution < -0.4 is 5.73 Å². The van der Waals surface area contributed by atoms with E-state index in [0.29, 0.717) is 41.0 Å². The number of hydrogen-bond acceptors (Lipinski definition) is 4. The summed E-state index contributed by atoms with van der Waals surface area (Å²) in [6.07, 6.45) is 2.83. The zero-order chi connectivity index (χ0) is 19.4. The van der Waals surface area contributed by atoms with E-state index in [-0.39, 0.29) is 11.7 Å². The molecule has 0 atom stereocenters. The largest absolute Gasteiger partial charge is 0.382 e. The Hall–Kier alpha value is -3.28. The normalized spacial score (nSPS) is 10.6. The Morgan fingerprint density at radius 2 is 1.78 bits per heavy atom. The number of halogens is 1. The van der Waals surface area contributed by atoms with Crippen LogP contribution in [0.1, 0.15) is 24.2 Å². The van der Waals surface area contributed by atoms with Gasteiger partial charge in [0.2, 0.25) is 0 Å². The van der Waals surface area contributed by atoms with E-state index in [2.05, 4.69) is 9.97 Å². The van der Waals surface area contributed by atoms with Crippen LogP contribution in [-0.2, 0) is 0 Å². The lowest BCUT2D eigenvalue weighted by atomic mass is 9.97. The zero-order valence-corrected chi connectivity index (χ0v) is 15.3. The van der Waals surface area contributed by atoms with E-state index in [1.807, 2.05) is 32.0 Å². The number of nitrogens with two attached hydrogens (primary N) is 1. The Labute approximate surface area is 157 Å². The van der Waals surface area contributed by atoms with Crippen LogP contribution in [0.2, 0.25) is 0 Å². The van der Waals surface area contributed by atoms with Crippen molar-refractivity contribution in [2.24, 2.45) is 0 Å². The van der Waals surface area contributed by atoms with Gasteiger partial charge in [0.15, 0.2) is 0 Å². The highest BCUT2D eigenvalue weighted by Crippen LogP contribution is 2.29. The van der Waals surface area contributed by atoms with Gasteiger partial charge in [0.05, 0.1) is 18.1 Å². The minimum absolute atomic E-state index is 0.0653. The van der Waals surface area contributed by atoms with Crippen molar-refractivity contribution in [1.29, 1.82) is 0 Å². The molecule has 3 aromatic rings. The SMILES string of the molecule is CCN(CC)C(=O)c1ccccc1-c1ccc(-c2cnc(N)cn2)c(F)c1. The van der Waals surface area contributed by atoms with Gasteiger partial charge in [-0.3, -0.25) is 9.78 Å². The summed E-state index contributed by atoms with van der Waals surface area (Å²) in [5.74, 6) is -0.222. The fourth-order valence-electron chi connectivity index (χ4n) is 2.97. The van der Waals surface area contributed by atoms with Crippen LogP contribution in [0.4, 0.5) is 10.2 Å². The molecular formula is C21H21FN4O. The van der Waals surface area contributed by atoms with Gasteiger partial charge in [0, 0.05) is 24.2 Å². The number of anilines is 1. The van der Waals surface area contributed by atoms with Crippen LogP contribution in [0, 0.1) is 5.82 Å². The molecule has 2 aromatic carbocycles. The lowest BCUT2D eigenvalue weighted by Crippen LogP contribution is -2.30. The number of nitrogens with zero attached hydrogens (tertiary/aromatic N) is 3. The molecule has 138 valence electrons. The van der Waals surface area contributed by atoms with Crippen molar-refractivity contribution in [2.45, 2.75) is 13.8 Å². The second-order valence-corrected chi connectivity index (χ2v) is 6.04. The Morgan fingerprint density at radius 1 is 1.04 bits per heavy atom. The summed E-state index contributed by atoms with van der Waals surface area (Å²) in [4.78, 5) is 22.6. The maximum absolute atomic E-state index is 14.8. The molecule has 5 nitrogen and oxygen atoms in total. The van der Waals surface area contributed by atoms with Crippen LogP contribution >= 0.6 is 0 Å². The molecular weight excluding hydrogens is 343 g/mol. The van der Waals surface area contributed by atoms with Crippen LogP contribution in [0.15, 0.2) is 54.9 Å². The molecule has 0 aliphatic rings. The first-order chi connectivity index (χ1) is 13.0. The second kappa shape index (κ2) is 7.95. The average molecular weight is 364 g/mol. The summed E-state index contributed by atoms with van der Waals surface area (Å²) in [5.41, 5.74) is 8.16. The summed E-state index contributed by atoms with van der Waals surface area (Å²) in [6, 6.07) is 12.1. The van der Waals surface area contributed by atoms with E-state index in [1.54, 1.807) is 23.1 Å².